The number of anilines is 1. The molecule has 0 fully saturated rings. The number of nitrogens with one attached hydrogen (secondary N) is 1. The molecular formula is C12H19N3O2. The van der Waals surface area contributed by atoms with E-state index >= 15 is 0 Å². The first-order chi connectivity index (χ1) is 7.83. The molecule has 0 saturated heterocycles. The van der Waals surface area contributed by atoms with Crippen LogP contribution in [0.1, 0.15) is 29.9 Å². The first-order valence-corrected chi connectivity index (χ1v) is 5.42. The fraction of sp³-hybridized carbons (Fsp3) is 0.500. The van der Waals surface area contributed by atoms with Crippen LogP contribution in [-0.4, -0.2) is 30.1 Å². The lowest BCUT2D eigenvalue weighted by atomic mass is 10.1. The van der Waals surface area contributed by atoms with E-state index in [0.717, 1.165) is 0 Å². The van der Waals surface area contributed by atoms with Gasteiger partial charge in [-0.05, 0) is 32.9 Å². The van der Waals surface area contributed by atoms with E-state index in [1.807, 2.05) is 13.8 Å². The van der Waals surface area contributed by atoms with E-state index in [-0.39, 0.29) is 11.5 Å². The fourth-order valence-corrected chi connectivity index (χ4v) is 1.30. The lowest BCUT2D eigenvalue weighted by molar-refractivity contribution is 0.0599. The number of ether oxygens (including phenoxy) is 1. The molecule has 1 heterocycles. The molecule has 5 nitrogen and oxygen atoms in total. The largest absolute Gasteiger partial charge is 0.465 e. The summed E-state index contributed by atoms with van der Waals surface area (Å²) in [5.74, 6) is 0.328. The van der Waals surface area contributed by atoms with Crippen molar-refractivity contribution in [2.45, 2.75) is 26.3 Å². The van der Waals surface area contributed by atoms with Gasteiger partial charge in [-0.15, -0.1) is 0 Å². The van der Waals surface area contributed by atoms with Crippen LogP contribution in [-0.2, 0) is 4.74 Å². The minimum Gasteiger partial charge on any atom is -0.465 e. The highest BCUT2D eigenvalue weighted by Gasteiger charge is 2.13. The Morgan fingerprint density at radius 1 is 1.53 bits per heavy atom. The molecule has 1 aromatic rings. The van der Waals surface area contributed by atoms with E-state index in [1.54, 1.807) is 19.1 Å². The molecule has 1 rings (SSSR count). The summed E-state index contributed by atoms with van der Waals surface area (Å²) < 4.78 is 4.65. The van der Waals surface area contributed by atoms with Crippen molar-refractivity contribution in [2.75, 3.05) is 19.0 Å². The molecule has 0 aliphatic heterocycles. The fourth-order valence-electron chi connectivity index (χ4n) is 1.30. The number of nitrogens with zero attached hydrogens (tertiary/aromatic N) is 1. The predicted molar refractivity (Wildman–Crippen MR) is 67.1 cm³/mol. The summed E-state index contributed by atoms with van der Waals surface area (Å²) in [5.41, 5.74) is 6.66. The van der Waals surface area contributed by atoms with Gasteiger partial charge in [-0.1, -0.05) is 0 Å². The molecule has 0 spiro atoms. The Balaban J connectivity index is 2.79. The molecule has 3 N–H and O–H groups in total. The van der Waals surface area contributed by atoms with Gasteiger partial charge in [0.1, 0.15) is 5.82 Å². The molecule has 17 heavy (non-hydrogen) atoms. The van der Waals surface area contributed by atoms with Gasteiger partial charge in [-0.2, -0.15) is 0 Å². The molecule has 0 radical (unpaired) electrons. The van der Waals surface area contributed by atoms with Gasteiger partial charge in [0.05, 0.1) is 18.4 Å². The van der Waals surface area contributed by atoms with E-state index in [9.17, 15) is 4.79 Å². The average molecular weight is 237 g/mol. The third kappa shape index (κ3) is 4.03. The normalized spacial score (nSPS) is 11.1. The lowest BCUT2D eigenvalue weighted by Crippen LogP contribution is -2.39. The molecule has 0 aliphatic carbocycles. The molecule has 0 atom stereocenters. The maximum atomic E-state index is 11.4. The van der Waals surface area contributed by atoms with Crippen molar-refractivity contribution in [1.29, 1.82) is 0 Å². The van der Waals surface area contributed by atoms with Crippen LogP contribution in [0.3, 0.4) is 0 Å². The molecule has 1 aromatic heterocycles. The predicted octanol–water partition coefficient (Wildman–Crippen LogP) is 1.33. The van der Waals surface area contributed by atoms with Crippen LogP contribution in [0.4, 0.5) is 5.82 Å². The van der Waals surface area contributed by atoms with E-state index in [1.165, 1.54) is 7.11 Å². The summed E-state index contributed by atoms with van der Waals surface area (Å²) in [6, 6.07) is 3.44. The van der Waals surface area contributed by atoms with Gasteiger partial charge in [-0.3, -0.25) is 0 Å². The second-order valence-electron chi connectivity index (χ2n) is 4.66. The third-order valence-corrected chi connectivity index (χ3v) is 2.22. The van der Waals surface area contributed by atoms with Crippen molar-refractivity contribution in [1.82, 2.24) is 4.98 Å². The minimum absolute atomic E-state index is 0.309. The Morgan fingerprint density at radius 3 is 2.65 bits per heavy atom. The number of esters is 1. The number of nitrogens with two attached hydrogens (primary N) is 1. The van der Waals surface area contributed by atoms with Crippen molar-refractivity contribution < 1.29 is 9.53 Å². The number of methoxy groups -OCH3 is 1. The Hall–Kier alpha value is -1.62. The van der Waals surface area contributed by atoms with Crippen LogP contribution in [0, 0.1) is 6.92 Å². The van der Waals surface area contributed by atoms with Gasteiger partial charge in [0.25, 0.3) is 0 Å². The van der Waals surface area contributed by atoms with Crippen LogP contribution in [0.15, 0.2) is 12.1 Å². The van der Waals surface area contributed by atoms with Gasteiger partial charge in [-0.25, -0.2) is 9.78 Å². The Kier molecular flexibility index (Phi) is 4.07. The molecule has 94 valence electrons. The van der Waals surface area contributed by atoms with Crippen molar-refractivity contribution in [2.24, 2.45) is 5.73 Å². The third-order valence-electron chi connectivity index (χ3n) is 2.22. The number of hydrogen-bond acceptors (Lipinski definition) is 5. The number of hydrogen-bond donors (Lipinski definition) is 2. The van der Waals surface area contributed by atoms with Gasteiger partial charge in [0.15, 0.2) is 0 Å². The second-order valence-corrected chi connectivity index (χ2v) is 4.66. The number of carbonyl (C=O) groups is 1. The van der Waals surface area contributed by atoms with E-state index in [0.29, 0.717) is 23.6 Å². The monoisotopic (exact) mass is 237 g/mol. The van der Waals surface area contributed by atoms with Gasteiger partial charge in [0.2, 0.25) is 0 Å². The summed E-state index contributed by atoms with van der Waals surface area (Å²) >= 11 is 0. The first kappa shape index (κ1) is 13.4. The topological polar surface area (TPSA) is 77.2 Å². The zero-order valence-corrected chi connectivity index (χ0v) is 10.7. The lowest BCUT2D eigenvalue weighted by Gasteiger charge is -2.19. The second kappa shape index (κ2) is 5.14. The SMILES string of the molecule is COC(=O)c1ccc(NCC(C)(C)N)nc1C. The van der Waals surface area contributed by atoms with Gasteiger partial charge >= 0.3 is 5.97 Å². The molecule has 0 bridgehead atoms. The van der Waals surface area contributed by atoms with E-state index in [4.69, 9.17) is 5.73 Å². The van der Waals surface area contributed by atoms with Crippen molar-refractivity contribution >= 4 is 11.8 Å². The van der Waals surface area contributed by atoms with Crippen LogP contribution in [0.2, 0.25) is 0 Å². The maximum Gasteiger partial charge on any atom is 0.339 e. The highest BCUT2D eigenvalue weighted by molar-refractivity contribution is 5.90. The quantitative estimate of drug-likeness (QED) is 0.772. The zero-order valence-electron chi connectivity index (χ0n) is 10.7. The Morgan fingerprint density at radius 2 is 2.18 bits per heavy atom. The first-order valence-electron chi connectivity index (χ1n) is 5.42. The Bertz CT molecular complexity index is 411. The number of pyridine rings is 1. The van der Waals surface area contributed by atoms with E-state index < -0.39 is 0 Å². The summed E-state index contributed by atoms with van der Waals surface area (Å²) in [4.78, 5) is 15.6. The summed E-state index contributed by atoms with van der Waals surface area (Å²) in [7, 11) is 1.35. The smallest absolute Gasteiger partial charge is 0.339 e. The number of rotatable bonds is 4. The highest BCUT2D eigenvalue weighted by atomic mass is 16.5. The standard InChI is InChI=1S/C12H19N3O2/c1-8-9(11(16)17-4)5-6-10(15-8)14-7-12(2,3)13/h5-6H,7,13H2,1-4H3,(H,14,15). The van der Waals surface area contributed by atoms with Crippen LogP contribution in [0.5, 0.6) is 0 Å². The molecular weight excluding hydrogens is 218 g/mol. The average Bonchev–Trinajstić information content (AvgIpc) is 2.24. The molecule has 0 unspecified atom stereocenters. The highest BCUT2D eigenvalue weighted by Crippen LogP contribution is 2.12. The van der Waals surface area contributed by atoms with E-state index in [2.05, 4.69) is 15.0 Å². The molecule has 0 amide bonds. The van der Waals surface area contributed by atoms with Crippen LogP contribution >= 0.6 is 0 Å². The van der Waals surface area contributed by atoms with Gasteiger partial charge in [0, 0.05) is 12.1 Å². The summed E-state index contributed by atoms with van der Waals surface area (Å²) in [5, 5.41) is 3.12. The maximum absolute atomic E-state index is 11.4. The summed E-state index contributed by atoms with van der Waals surface area (Å²) in [6.07, 6.45) is 0. The van der Waals surface area contributed by atoms with Gasteiger partial charge < -0.3 is 15.8 Å². The summed E-state index contributed by atoms with van der Waals surface area (Å²) in [6.45, 7) is 6.23. The number of carbonyl (C=O) groups excluding carboxylic acids is 1. The zero-order chi connectivity index (χ0) is 13.1. The number of aryl methyl sites for hydroxylation is 1. The molecule has 0 aliphatic rings. The van der Waals surface area contributed by atoms with Crippen LogP contribution < -0.4 is 11.1 Å². The molecule has 0 saturated carbocycles. The van der Waals surface area contributed by atoms with Crippen LogP contribution in [0.25, 0.3) is 0 Å². The number of aromatic nitrogens is 1. The van der Waals surface area contributed by atoms with Crippen molar-refractivity contribution in [3.63, 3.8) is 0 Å². The van der Waals surface area contributed by atoms with Crippen molar-refractivity contribution in [3.05, 3.63) is 23.4 Å². The Labute approximate surface area is 101 Å². The van der Waals surface area contributed by atoms with Crippen molar-refractivity contribution in [3.8, 4) is 0 Å². The minimum atomic E-state index is -0.374. The molecule has 0 aromatic carbocycles. The molecule has 5 heteroatoms.